The van der Waals surface area contributed by atoms with Crippen molar-refractivity contribution in [3.8, 4) is 0 Å². The fraction of sp³-hybridized carbons (Fsp3) is 0.312. The number of nitrogens with one attached hydrogen (secondary N) is 1. The zero-order valence-electron chi connectivity index (χ0n) is 12.1. The van der Waals surface area contributed by atoms with E-state index in [0.29, 0.717) is 23.4 Å². The molecule has 1 fully saturated rings. The Balaban J connectivity index is 1.67. The molecule has 0 amide bonds. The zero-order valence-corrected chi connectivity index (χ0v) is 13.0. The number of furan rings is 1. The van der Waals surface area contributed by atoms with Crippen LogP contribution in [0.1, 0.15) is 24.2 Å². The third-order valence-corrected chi connectivity index (χ3v) is 3.95. The highest BCUT2D eigenvalue weighted by molar-refractivity contribution is 7.80. The van der Waals surface area contributed by atoms with Gasteiger partial charge in [0.05, 0.1) is 18.4 Å². The van der Waals surface area contributed by atoms with Crippen molar-refractivity contribution in [2.45, 2.75) is 31.6 Å². The van der Waals surface area contributed by atoms with Gasteiger partial charge in [-0.1, -0.05) is 0 Å². The van der Waals surface area contributed by atoms with Crippen LogP contribution in [0.4, 0.5) is 18.9 Å². The molecule has 0 radical (unpaired) electrons. The normalized spacial score (nSPS) is 14.6. The van der Waals surface area contributed by atoms with Gasteiger partial charge < -0.3 is 14.6 Å². The third kappa shape index (κ3) is 4.04. The molecule has 1 N–H and O–H groups in total. The monoisotopic (exact) mass is 340 g/mol. The van der Waals surface area contributed by atoms with E-state index >= 15 is 0 Å². The molecule has 0 saturated heterocycles. The van der Waals surface area contributed by atoms with Crippen molar-refractivity contribution in [3.05, 3.63) is 54.0 Å². The van der Waals surface area contributed by atoms with Crippen LogP contribution >= 0.6 is 12.2 Å². The first-order valence-electron chi connectivity index (χ1n) is 7.21. The smallest absolute Gasteiger partial charge is 0.416 e. The van der Waals surface area contributed by atoms with Crippen LogP contribution in [0.2, 0.25) is 0 Å². The second-order valence-corrected chi connectivity index (χ2v) is 5.83. The lowest BCUT2D eigenvalue weighted by Gasteiger charge is -2.25. The molecular weight excluding hydrogens is 325 g/mol. The highest BCUT2D eigenvalue weighted by atomic mass is 32.1. The fourth-order valence-electron chi connectivity index (χ4n) is 2.26. The van der Waals surface area contributed by atoms with Gasteiger partial charge in [0.25, 0.3) is 0 Å². The minimum Gasteiger partial charge on any atom is -0.467 e. The topological polar surface area (TPSA) is 28.4 Å². The van der Waals surface area contributed by atoms with Crippen LogP contribution in [0, 0.1) is 0 Å². The maximum atomic E-state index is 12.6. The van der Waals surface area contributed by atoms with Gasteiger partial charge in [-0.2, -0.15) is 13.2 Å². The van der Waals surface area contributed by atoms with E-state index in [0.717, 1.165) is 30.7 Å². The second-order valence-electron chi connectivity index (χ2n) is 5.44. The summed E-state index contributed by atoms with van der Waals surface area (Å²) in [5.74, 6) is 0.800. The van der Waals surface area contributed by atoms with Gasteiger partial charge in [0.1, 0.15) is 5.76 Å². The molecule has 3 nitrogen and oxygen atoms in total. The Labute approximate surface area is 137 Å². The number of hydrogen-bond donors (Lipinski definition) is 1. The molecule has 0 aliphatic heterocycles. The minimum atomic E-state index is -4.33. The first-order chi connectivity index (χ1) is 10.9. The molecule has 2 aromatic rings. The summed E-state index contributed by atoms with van der Waals surface area (Å²) < 4.78 is 43.1. The van der Waals surface area contributed by atoms with Gasteiger partial charge in [0, 0.05) is 11.7 Å². The molecule has 1 aromatic carbocycles. The number of thiocarbonyl (C=S) groups is 1. The highest BCUT2D eigenvalue weighted by Gasteiger charge is 2.32. The minimum absolute atomic E-state index is 0.356. The van der Waals surface area contributed by atoms with Crippen molar-refractivity contribution in [1.29, 1.82) is 0 Å². The lowest BCUT2D eigenvalue weighted by Crippen LogP contribution is -2.35. The van der Waals surface area contributed by atoms with E-state index in [2.05, 4.69) is 5.32 Å². The standard InChI is InChI=1S/C16H15F3N2OS/c17-16(18,19)11-3-5-12(6-4-11)20-15(23)21(13-7-8-13)10-14-2-1-9-22-14/h1-6,9,13H,7-8,10H2,(H,20,23). The predicted molar refractivity (Wildman–Crippen MR) is 84.9 cm³/mol. The number of anilines is 1. The molecule has 0 atom stereocenters. The Morgan fingerprint density at radius 3 is 2.43 bits per heavy atom. The average Bonchev–Trinajstić information content (AvgIpc) is 3.20. The SMILES string of the molecule is FC(F)(F)c1ccc(NC(=S)N(Cc2ccco2)C2CC2)cc1. The molecule has 122 valence electrons. The molecule has 1 heterocycles. The first-order valence-corrected chi connectivity index (χ1v) is 7.61. The van der Waals surface area contributed by atoms with E-state index in [1.165, 1.54) is 12.1 Å². The molecule has 1 saturated carbocycles. The Bertz CT molecular complexity index is 664. The molecule has 1 aliphatic rings. The zero-order chi connectivity index (χ0) is 16.4. The second kappa shape index (κ2) is 6.23. The number of rotatable bonds is 4. The Morgan fingerprint density at radius 1 is 1.22 bits per heavy atom. The maximum absolute atomic E-state index is 12.6. The highest BCUT2D eigenvalue weighted by Crippen LogP contribution is 2.31. The lowest BCUT2D eigenvalue weighted by atomic mass is 10.2. The van der Waals surface area contributed by atoms with Gasteiger partial charge in [-0.25, -0.2) is 0 Å². The predicted octanol–water partition coefficient (Wildman–Crippen LogP) is 4.66. The van der Waals surface area contributed by atoms with Crippen LogP contribution in [0.15, 0.2) is 47.1 Å². The summed E-state index contributed by atoms with van der Waals surface area (Å²) >= 11 is 5.40. The number of nitrogens with zero attached hydrogens (tertiary/aromatic N) is 1. The van der Waals surface area contributed by atoms with Gasteiger partial charge in [-0.15, -0.1) is 0 Å². The number of alkyl halides is 3. The van der Waals surface area contributed by atoms with Crippen LogP contribution in [0.25, 0.3) is 0 Å². The number of benzene rings is 1. The molecular formula is C16H15F3N2OS. The average molecular weight is 340 g/mol. The van der Waals surface area contributed by atoms with Gasteiger partial charge in [-0.05, 0) is 61.5 Å². The summed E-state index contributed by atoms with van der Waals surface area (Å²) in [6, 6.07) is 8.88. The van der Waals surface area contributed by atoms with Gasteiger partial charge in [0.15, 0.2) is 5.11 Å². The van der Waals surface area contributed by atoms with Gasteiger partial charge in [0.2, 0.25) is 0 Å². The Morgan fingerprint density at radius 2 is 1.91 bits per heavy atom. The van der Waals surface area contributed by atoms with Crippen molar-refractivity contribution in [2.24, 2.45) is 0 Å². The van der Waals surface area contributed by atoms with Gasteiger partial charge in [-0.3, -0.25) is 0 Å². The molecule has 0 bridgehead atoms. The summed E-state index contributed by atoms with van der Waals surface area (Å²) in [6.07, 6.45) is -0.629. The summed E-state index contributed by atoms with van der Waals surface area (Å²) in [5.41, 5.74) is -0.142. The number of hydrogen-bond acceptors (Lipinski definition) is 2. The molecule has 3 rings (SSSR count). The Kier molecular flexibility index (Phi) is 4.30. The van der Waals surface area contributed by atoms with Crippen LogP contribution in [0.3, 0.4) is 0 Å². The fourth-order valence-corrected chi connectivity index (χ4v) is 2.59. The largest absolute Gasteiger partial charge is 0.467 e. The molecule has 1 aromatic heterocycles. The van der Waals surface area contributed by atoms with Crippen molar-refractivity contribution >= 4 is 23.0 Å². The Hall–Kier alpha value is -2.02. The van der Waals surface area contributed by atoms with Gasteiger partial charge >= 0.3 is 6.18 Å². The van der Waals surface area contributed by atoms with E-state index < -0.39 is 11.7 Å². The van der Waals surface area contributed by atoms with Crippen LogP contribution in [-0.2, 0) is 12.7 Å². The van der Waals surface area contributed by atoms with E-state index in [1.54, 1.807) is 6.26 Å². The van der Waals surface area contributed by atoms with E-state index in [1.807, 2.05) is 17.0 Å². The summed E-state index contributed by atoms with van der Waals surface area (Å²) in [6.45, 7) is 0.546. The maximum Gasteiger partial charge on any atom is 0.416 e. The number of halogens is 3. The molecule has 23 heavy (non-hydrogen) atoms. The van der Waals surface area contributed by atoms with Crippen LogP contribution < -0.4 is 5.32 Å². The van der Waals surface area contributed by atoms with Crippen molar-refractivity contribution < 1.29 is 17.6 Å². The molecule has 1 aliphatic carbocycles. The molecule has 0 unspecified atom stereocenters. The summed E-state index contributed by atoms with van der Waals surface area (Å²) in [5, 5.41) is 3.49. The van der Waals surface area contributed by atoms with Crippen LogP contribution in [0.5, 0.6) is 0 Å². The lowest BCUT2D eigenvalue weighted by molar-refractivity contribution is -0.137. The van der Waals surface area contributed by atoms with Crippen LogP contribution in [-0.4, -0.2) is 16.1 Å². The molecule has 7 heteroatoms. The quantitative estimate of drug-likeness (QED) is 0.820. The van der Waals surface area contributed by atoms with Crippen molar-refractivity contribution in [2.75, 3.05) is 5.32 Å². The van der Waals surface area contributed by atoms with E-state index in [9.17, 15) is 13.2 Å². The van der Waals surface area contributed by atoms with Crippen molar-refractivity contribution in [1.82, 2.24) is 4.90 Å². The third-order valence-electron chi connectivity index (χ3n) is 3.62. The van der Waals surface area contributed by atoms with Crippen molar-refractivity contribution in [3.63, 3.8) is 0 Å². The summed E-state index contributed by atoms with van der Waals surface area (Å²) in [7, 11) is 0. The van der Waals surface area contributed by atoms with E-state index in [-0.39, 0.29) is 0 Å². The molecule has 0 spiro atoms. The summed E-state index contributed by atoms with van der Waals surface area (Å²) in [4.78, 5) is 2.01. The first kappa shape index (κ1) is 15.9. The van der Waals surface area contributed by atoms with E-state index in [4.69, 9.17) is 16.6 Å².